The summed E-state index contributed by atoms with van der Waals surface area (Å²) in [4.78, 5) is 22.9. The molecule has 5 nitrogen and oxygen atoms in total. The summed E-state index contributed by atoms with van der Waals surface area (Å²) in [7, 11) is 0. The summed E-state index contributed by atoms with van der Waals surface area (Å²) in [5.74, 6) is -0.248. The first kappa shape index (κ1) is 15.4. The molecule has 21 heavy (non-hydrogen) atoms. The third-order valence-corrected chi connectivity index (χ3v) is 3.70. The molecule has 1 aliphatic rings. The number of aryl methyl sites for hydroxylation is 1. The summed E-state index contributed by atoms with van der Waals surface area (Å²) in [5.41, 5.74) is 1.07. The molecule has 5 heteroatoms. The molecule has 0 bridgehead atoms. The topological polar surface area (TPSA) is 78.4 Å². The molecule has 3 N–H and O–H groups in total. The van der Waals surface area contributed by atoms with Crippen molar-refractivity contribution in [2.75, 3.05) is 6.54 Å². The van der Waals surface area contributed by atoms with Gasteiger partial charge in [0, 0.05) is 6.54 Å². The van der Waals surface area contributed by atoms with Gasteiger partial charge in [0.15, 0.2) is 0 Å². The van der Waals surface area contributed by atoms with Crippen LogP contribution in [0.1, 0.15) is 31.2 Å². The average Bonchev–Trinajstić information content (AvgIpc) is 3.28. The molecule has 0 radical (unpaired) electrons. The maximum absolute atomic E-state index is 11.7. The predicted molar refractivity (Wildman–Crippen MR) is 80.1 cm³/mol. The summed E-state index contributed by atoms with van der Waals surface area (Å²) < 4.78 is 0. The molecule has 2 amide bonds. The van der Waals surface area contributed by atoms with Gasteiger partial charge in [0.05, 0.1) is 0 Å². The summed E-state index contributed by atoms with van der Waals surface area (Å²) >= 11 is 0. The average molecular weight is 290 g/mol. The summed E-state index contributed by atoms with van der Waals surface area (Å²) in [6, 6.07) is 8.42. The number of aliphatic carboxylic acids is 1. The molecule has 0 aliphatic heterocycles. The minimum absolute atomic E-state index is 0.384. The van der Waals surface area contributed by atoms with Gasteiger partial charge in [-0.2, -0.15) is 0 Å². The van der Waals surface area contributed by atoms with Crippen LogP contribution >= 0.6 is 0 Å². The van der Waals surface area contributed by atoms with Crippen molar-refractivity contribution in [1.29, 1.82) is 0 Å². The molecule has 1 saturated carbocycles. The molecule has 1 aliphatic carbocycles. The Morgan fingerprint density at radius 3 is 2.57 bits per heavy atom. The summed E-state index contributed by atoms with van der Waals surface area (Å²) in [6.07, 6.45) is 4.49. The van der Waals surface area contributed by atoms with E-state index >= 15 is 0 Å². The maximum Gasteiger partial charge on any atom is 0.326 e. The number of carbonyl (C=O) groups is 2. The molecule has 1 aromatic carbocycles. The molecule has 0 heterocycles. The number of carbonyl (C=O) groups excluding carboxylic acids is 1. The van der Waals surface area contributed by atoms with Gasteiger partial charge in [0.25, 0.3) is 0 Å². The van der Waals surface area contributed by atoms with Crippen LogP contribution < -0.4 is 10.6 Å². The van der Waals surface area contributed by atoms with Gasteiger partial charge >= 0.3 is 12.0 Å². The highest BCUT2D eigenvalue weighted by Gasteiger charge is 2.22. The fourth-order valence-electron chi connectivity index (χ4n) is 2.22. The largest absolute Gasteiger partial charge is 0.480 e. The number of rotatable bonds is 8. The highest BCUT2D eigenvalue weighted by atomic mass is 16.4. The van der Waals surface area contributed by atoms with E-state index in [1.807, 2.05) is 30.3 Å². The van der Waals surface area contributed by atoms with Crippen LogP contribution in [-0.2, 0) is 11.2 Å². The maximum atomic E-state index is 11.7. The first-order chi connectivity index (χ1) is 10.1. The van der Waals surface area contributed by atoms with E-state index in [1.165, 1.54) is 12.8 Å². The highest BCUT2D eigenvalue weighted by Crippen LogP contribution is 2.31. The fraction of sp³-hybridized carbons (Fsp3) is 0.500. The zero-order valence-corrected chi connectivity index (χ0v) is 12.0. The van der Waals surface area contributed by atoms with E-state index in [4.69, 9.17) is 0 Å². The molecule has 114 valence electrons. The van der Waals surface area contributed by atoms with Crippen molar-refractivity contribution in [3.63, 3.8) is 0 Å². The van der Waals surface area contributed by atoms with Crippen molar-refractivity contribution in [3.8, 4) is 0 Å². The van der Waals surface area contributed by atoms with Crippen molar-refractivity contribution in [1.82, 2.24) is 10.6 Å². The molecular formula is C16H22N2O3. The van der Waals surface area contributed by atoms with Gasteiger partial charge in [0.1, 0.15) is 6.04 Å². The van der Waals surface area contributed by atoms with Crippen LogP contribution in [0.5, 0.6) is 0 Å². The minimum Gasteiger partial charge on any atom is -0.480 e. The lowest BCUT2D eigenvalue weighted by Gasteiger charge is -2.15. The van der Waals surface area contributed by atoms with E-state index < -0.39 is 18.0 Å². The third-order valence-electron chi connectivity index (χ3n) is 3.70. The Bertz CT molecular complexity index is 472. The zero-order chi connectivity index (χ0) is 15.1. The minimum atomic E-state index is -0.997. The molecule has 0 aromatic heterocycles. The van der Waals surface area contributed by atoms with Crippen LogP contribution in [-0.4, -0.2) is 29.7 Å². The van der Waals surface area contributed by atoms with Crippen LogP contribution in [0.4, 0.5) is 4.79 Å². The first-order valence-electron chi connectivity index (χ1n) is 7.46. The van der Waals surface area contributed by atoms with E-state index in [9.17, 15) is 14.7 Å². The predicted octanol–water partition coefficient (Wildman–Crippen LogP) is 2.17. The smallest absolute Gasteiger partial charge is 0.326 e. The van der Waals surface area contributed by atoms with Gasteiger partial charge in [-0.05, 0) is 30.7 Å². The number of nitrogens with one attached hydrogen (secondary N) is 2. The van der Waals surface area contributed by atoms with Gasteiger partial charge in [-0.25, -0.2) is 9.59 Å². The molecule has 0 unspecified atom stereocenters. The molecule has 1 fully saturated rings. The zero-order valence-electron chi connectivity index (χ0n) is 12.0. The highest BCUT2D eigenvalue weighted by molar-refractivity contribution is 5.82. The van der Waals surface area contributed by atoms with Crippen LogP contribution in [0.25, 0.3) is 0 Å². The van der Waals surface area contributed by atoms with E-state index in [0.717, 1.165) is 17.9 Å². The van der Waals surface area contributed by atoms with Gasteiger partial charge in [0.2, 0.25) is 0 Å². The molecular weight excluding hydrogens is 268 g/mol. The fourth-order valence-corrected chi connectivity index (χ4v) is 2.22. The first-order valence-corrected chi connectivity index (χ1v) is 7.46. The van der Waals surface area contributed by atoms with Crippen molar-refractivity contribution >= 4 is 12.0 Å². The number of urea groups is 1. The van der Waals surface area contributed by atoms with Gasteiger partial charge in [-0.15, -0.1) is 0 Å². The number of carboxylic acid groups (broad SMARTS) is 1. The Balaban J connectivity index is 1.72. The standard InChI is InChI=1S/C16H22N2O3/c19-15(20)14(9-8-12-4-2-1-3-5-12)18-16(21)17-11-10-13-6-7-13/h1-5,13-14H,6-11H2,(H,19,20)(H2,17,18,21)/t14-/m0/s1. The van der Waals surface area contributed by atoms with Crippen LogP contribution in [0.15, 0.2) is 30.3 Å². The lowest BCUT2D eigenvalue weighted by atomic mass is 10.1. The van der Waals surface area contributed by atoms with Crippen LogP contribution in [0, 0.1) is 5.92 Å². The SMILES string of the molecule is O=C(NCCC1CC1)N[C@@H](CCc1ccccc1)C(=O)O. The number of carboxylic acids is 1. The second kappa shape index (κ2) is 7.67. The Kier molecular flexibility index (Phi) is 5.60. The summed E-state index contributed by atoms with van der Waals surface area (Å²) in [5, 5.41) is 14.4. The second-order valence-corrected chi connectivity index (χ2v) is 5.55. The van der Waals surface area contributed by atoms with Crippen molar-refractivity contribution < 1.29 is 14.7 Å². The van der Waals surface area contributed by atoms with E-state index in [1.54, 1.807) is 0 Å². The quantitative estimate of drug-likeness (QED) is 0.686. The van der Waals surface area contributed by atoms with E-state index in [-0.39, 0.29) is 0 Å². The van der Waals surface area contributed by atoms with Crippen molar-refractivity contribution in [3.05, 3.63) is 35.9 Å². The number of benzene rings is 1. The molecule has 1 aromatic rings. The van der Waals surface area contributed by atoms with E-state index in [2.05, 4.69) is 10.6 Å². The number of hydrogen-bond donors (Lipinski definition) is 3. The normalized spacial score (nSPS) is 15.2. The van der Waals surface area contributed by atoms with E-state index in [0.29, 0.717) is 19.4 Å². The lowest BCUT2D eigenvalue weighted by Crippen LogP contribution is -2.46. The Morgan fingerprint density at radius 2 is 1.95 bits per heavy atom. The molecule has 0 spiro atoms. The van der Waals surface area contributed by atoms with Crippen molar-refractivity contribution in [2.24, 2.45) is 5.92 Å². The van der Waals surface area contributed by atoms with Crippen molar-refractivity contribution in [2.45, 2.75) is 38.1 Å². The third kappa shape index (κ3) is 5.85. The Hall–Kier alpha value is -2.04. The number of hydrogen-bond acceptors (Lipinski definition) is 2. The van der Waals surface area contributed by atoms with Gasteiger partial charge in [-0.3, -0.25) is 0 Å². The van der Waals surface area contributed by atoms with Gasteiger partial charge in [-0.1, -0.05) is 43.2 Å². The van der Waals surface area contributed by atoms with Crippen LogP contribution in [0.2, 0.25) is 0 Å². The lowest BCUT2D eigenvalue weighted by molar-refractivity contribution is -0.139. The Labute approximate surface area is 124 Å². The molecule has 0 saturated heterocycles. The number of amides is 2. The Morgan fingerprint density at radius 1 is 1.24 bits per heavy atom. The van der Waals surface area contributed by atoms with Crippen LogP contribution in [0.3, 0.4) is 0 Å². The summed E-state index contributed by atoms with van der Waals surface area (Å²) in [6.45, 7) is 0.613. The second-order valence-electron chi connectivity index (χ2n) is 5.55. The molecule has 2 rings (SSSR count). The van der Waals surface area contributed by atoms with Gasteiger partial charge < -0.3 is 15.7 Å². The molecule has 1 atom stereocenters. The monoisotopic (exact) mass is 290 g/mol.